The summed E-state index contributed by atoms with van der Waals surface area (Å²) in [5, 5.41) is 22.1. The van der Waals surface area contributed by atoms with Crippen LogP contribution in [-0.4, -0.2) is 41.4 Å². The number of aliphatic hydroxyl groups is 1. The van der Waals surface area contributed by atoms with Crippen molar-refractivity contribution in [2.75, 3.05) is 13.2 Å². The first-order valence-electron chi connectivity index (χ1n) is 5.51. The number of carboxylic acids is 1. The second-order valence-electron chi connectivity index (χ2n) is 4.08. The van der Waals surface area contributed by atoms with Crippen LogP contribution < -0.4 is 10.6 Å². The maximum absolute atomic E-state index is 11.3. The lowest BCUT2D eigenvalue weighted by atomic mass is 10.1. The number of hydrogen-bond donors (Lipinski definition) is 4. The number of carboxylic acid groups (broad SMARTS) is 1. The summed E-state index contributed by atoms with van der Waals surface area (Å²) in [6.07, 6.45) is 4.62. The number of carbonyl (C=O) groups excluding carboxylic acids is 1. The summed E-state index contributed by atoms with van der Waals surface area (Å²) in [4.78, 5) is 21.8. The SMILES string of the molecule is O=C(NCC1CCCC1)N[C@@H](CO)C(=O)O. The van der Waals surface area contributed by atoms with Crippen molar-refractivity contribution in [2.24, 2.45) is 5.92 Å². The summed E-state index contributed by atoms with van der Waals surface area (Å²) in [7, 11) is 0. The van der Waals surface area contributed by atoms with Gasteiger partial charge < -0.3 is 20.8 Å². The molecule has 1 atom stereocenters. The predicted molar refractivity (Wildman–Crippen MR) is 57.0 cm³/mol. The normalized spacial score (nSPS) is 18.1. The lowest BCUT2D eigenvalue weighted by Crippen LogP contribution is -2.48. The zero-order chi connectivity index (χ0) is 12.0. The molecule has 0 bridgehead atoms. The Balaban J connectivity index is 2.21. The molecule has 1 rings (SSSR count). The van der Waals surface area contributed by atoms with Crippen LogP contribution in [0.15, 0.2) is 0 Å². The number of amides is 2. The number of carbonyl (C=O) groups is 2. The Morgan fingerprint density at radius 1 is 1.31 bits per heavy atom. The largest absolute Gasteiger partial charge is 0.480 e. The van der Waals surface area contributed by atoms with Crippen LogP contribution in [0, 0.1) is 5.92 Å². The van der Waals surface area contributed by atoms with E-state index in [1.165, 1.54) is 12.8 Å². The number of aliphatic hydroxyl groups excluding tert-OH is 1. The molecule has 16 heavy (non-hydrogen) atoms. The van der Waals surface area contributed by atoms with E-state index >= 15 is 0 Å². The molecule has 0 radical (unpaired) electrons. The second-order valence-corrected chi connectivity index (χ2v) is 4.08. The smallest absolute Gasteiger partial charge is 0.328 e. The van der Waals surface area contributed by atoms with Gasteiger partial charge in [0.15, 0.2) is 6.04 Å². The van der Waals surface area contributed by atoms with E-state index in [2.05, 4.69) is 10.6 Å². The topological polar surface area (TPSA) is 98.7 Å². The molecule has 0 aromatic carbocycles. The molecular formula is C10H18N2O4. The highest BCUT2D eigenvalue weighted by Crippen LogP contribution is 2.23. The molecule has 6 nitrogen and oxygen atoms in total. The van der Waals surface area contributed by atoms with E-state index in [0.717, 1.165) is 12.8 Å². The lowest BCUT2D eigenvalue weighted by Gasteiger charge is -2.14. The summed E-state index contributed by atoms with van der Waals surface area (Å²) >= 11 is 0. The van der Waals surface area contributed by atoms with Gasteiger partial charge in [-0.1, -0.05) is 12.8 Å². The van der Waals surface area contributed by atoms with Crippen molar-refractivity contribution in [3.8, 4) is 0 Å². The van der Waals surface area contributed by atoms with Gasteiger partial charge >= 0.3 is 12.0 Å². The third kappa shape index (κ3) is 4.06. The van der Waals surface area contributed by atoms with Gasteiger partial charge in [0.1, 0.15) is 0 Å². The van der Waals surface area contributed by atoms with Gasteiger partial charge in [-0.25, -0.2) is 9.59 Å². The van der Waals surface area contributed by atoms with E-state index in [1.807, 2.05) is 0 Å². The minimum absolute atomic E-state index is 0.503. The highest BCUT2D eigenvalue weighted by Gasteiger charge is 2.20. The Kier molecular flexibility index (Phi) is 5.04. The average molecular weight is 230 g/mol. The average Bonchev–Trinajstić information content (AvgIpc) is 2.75. The molecule has 0 spiro atoms. The number of rotatable bonds is 5. The van der Waals surface area contributed by atoms with Crippen LogP contribution in [0.1, 0.15) is 25.7 Å². The standard InChI is InChI=1S/C10H18N2O4/c13-6-8(9(14)15)12-10(16)11-5-7-3-1-2-4-7/h7-8,13H,1-6H2,(H,14,15)(H2,11,12,16)/t8-/m0/s1. The fourth-order valence-corrected chi connectivity index (χ4v) is 1.85. The molecule has 0 saturated heterocycles. The van der Waals surface area contributed by atoms with E-state index in [4.69, 9.17) is 10.2 Å². The molecule has 1 saturated carbocycles. The van der Waals surface area contributed by atoms with Gasteiger partial charge in [-0.05, 0) is 18.8 Å². The fraction of sp³-hybridized carbons (Fsp3) is 0.800. The van der Waals surface area contributed by atoms with Gasteiger partial charge in [0.2, 0.25) is 0 Å². The molecule has 0 heterocycles. The van der Waals surface area contributed by atoms with Crippen molar-refractivity contribution in [1.82, 2.24) is 10.6 Å². The first-order valence-corrected chi connectivity index (χ1v) is 5.51. The molecule has 92 valence electrons. The molecule has 1 aliphatic carbocycles. The van der Waals surface area contributed by atoms with Crippen LogP contribution in [0.3, 0.4) is 0 Å². The van der Waals surface area contributed by atoms with Crippen LogP contribution in [0.25, 0.3) is 0 Å². The summed E-state index contributed by atoms with van der Waals surface area (Å²) in [6.45, 7) is -0.0320. The summed E-state index contributed by atoms with van der Waals surface area (Å²) in [5.41, 5.74) is 0. The van der Waals surface area contributed by atoms with Gasteiger partial charge in [0.05, 0.1) is 6.61 Å². The minimum atomic E-state index is -1.24. The number of nitrogens with one attached hydrogen (secondary N) is 2. The van der Waals surface area contributed by atoms with E-state index in [1.54, 1.807) is 0 Å². The summed E-state index contributed by atoms with van der Waals surface area (Å²) in [5.74, 6) is -0.735. The highest BCUT2D eigenvalue weighted by molar-refractivity contribution is 5.82. The molecule has 0 unspecified atom stereocenters. The zero-order valence-electron chi connectivity index (χ0n) is 9.11. The van der Waals surface area contributed by atoms with Crippen LogP contribution >= 0.6 is 0 Å². The molecule has 4 N–H and O–H groups in total. The Hall–Kier alpha value is -1.30. The van der Waals surface area contributed by atoms with Crippen molar-refractivity contribution in [1.29, 1.82) is 0 Å². The molecule has 1 aliphatic rings. The maximum Gasteiger partial charge on any atom is 0.328 e. The molecule has 0 aromatic rings. The second kappa shape index (κ2) is 6.32. The first kappa shape index (κ1) is 12.8. The fourth-order valence-electron chi connectivity index (χ4n) is 1.85. The minimum Gasteiger partial charge on any atom is -0.480 e. The number of hydrogen-bond acceptors (Lipinski definition) is 3. The van der Waals surface area contributed by atoms with Gasteiger partial charge in [-0.15, -0.1) is 0 Å². The van der Waals surface area contributed by atoms with Crippen LogP contribution in [0.4, 0.5) is 4.79 Å². The van der Waals surface area contributed by atoms with Gasteiger partial charge in [-0.3, -0.25) is 0 Å². The van der Waals surface area contributed by atoms with Gasteiger partial charge in [-0.2, -0.15) is 0 Å². The van der Waals surface area contributed by atoms with Crippen LogP contribution in [0.5, 0.6) is 0 Å². The molecule has 6 heteroatoms. The van der Waals surface area contributed by atoms with Crippen molar-refractivity contribution in [3.63, 3.8) is 0 Å². The van der Waals surface area contributed by atoms with Crippen LogP contribution in [-0.2, 0) is 4.79 Å². The van der Waals surface area contributed by atoms with Gasteiger partial charge in [0.25, 0.3) is 0 Å². The zero-order valence-corrected chi connectivity index (χ0v) is 9.11. The molecule has 0 aromatic heterocycles. The first-order chi connectivity index (χ1) is 7.63. The van der Waals surface area contributed by atoms with Crippen molar-refractivity contribution in [2.45, 2.75) is 31.7 Å². The van der Waals surface area contributed by atoms with Crippen molar-refractivity contribution < 1.29 is 19.8 Å². The highest BCUT2D eigenvalue weighted by atomic mass is 16.4. The van der Waals surface area contributed by atoms with E-state index in [-0.39, 0.29) is 0 Å². The van der Waals surface area contributed by atoms with Crippen LogP contribution in [0.2, 0.25) is 0 Å². The summed E-state index contributed by atoms with van der Waals surface area (Å²) in [6, 6.07) is -1.77. The Bertz CT molecular complexity index is 251. The van der Waals surface area contributed by atoms with E-state index < -0.39 is 24.6 Å². The monoisotopic (exact) mass is 230 g/mol. The Labute approximate surface area is 94.0 Å². The molecule has 2 amide bonds. The Morgan fingerprint density at radius 3 is 2.44 bits per heavy atom. The van der Waals surface area contributed by atoms with Gasteiger partial charge in [0, 0.05) is 6.54 Å². The Morgan fingerprint density at radius 2 is 1.94 bits per heavy atom. The van der Waals surface area contributed by atoms with E-state index in [9.17, 15) is 9.59 Å². The molecular weight excluding hydrogens is 212 g/mol. The predicted octanol–water partition coefficient (Wildman–Crippen LogP) is -0.0787. The lowest BCUT2D eigenvalue weighted by molar-refractivity contribution is -0.140. The quantitative estimate of drug-likeness (QED) is 0.531. The summed E-state index contributed by atoms with van der Waals surface area (Å²) < 4.78 is 0. The number of urea groups is 1. The molecule has 1 fully saturated rings. The third-order valence-corrected chi connectivity index (χ3v) is 2.81. The van der Waals surface area contributed by atoms with Crippen molar-refractivity contribution >= 4 is 12.0 Å². The molecule has 0 aliphatic heterocycles. The number of aliphatic carboxylic acids is 1. The van der Waals surface area contributed by atoms with Crippen molar-refractivity contribution in [3.05, 3.63) is 0 Å². The third-order valence-electron chi connectivity index (χ3n) is 2.81. The van der Waals surface area contributed by atoms with E-state index in [0.29, 0.717) is 12.5 Å². The maximum atomic E-state index is 11.3.